The fourth-order valence-electron chi connectivity index (χ4n) is 2.98. The number of rotatable bonds is 7. The minimum absolute atomic E-state index is 0.125. The molecule has 10 heteroatoms. The van der Waals surface area contributed by atoms with Crippen molar-refractivity contribution in [1.29, 1.82) is 0 Å². The zero-order valence-corrected chi connectivity index (χ0v) is 20.4. The lowest BCUT2D eigenvalue weighted by atomic mass is 10.1. The van der Waals surface area contributed by atoms with Crippen molar-refractivity contribution in [2.45, 2.75) is 6.92 Å². The highest BCUT2D eigenvalue weighted by atomic mass is 79.9. The number of carbonyl (C=O) groups is 2. The Bertz CT molecular complexity index is 1310. The first kappa shape index (κ1) is 24.9. The monoisotopic (exact) mass is 543 g/mol. The van der Waals surface area contributed by atoms with Crippen molar-refractivity contribution >= 4 is 56.8 Å². The Morgan fingerprint density at radius 3 is 2.56 bits per heavy atom. The maximum Gasteiger partial charge on any atom is 0.272 e. The summed E-state index contributed by atoms with van der Waals surface area (Å²) in [6.07, 6.45) is 1.36. The number of nitrogens with one attached hydrogen (secondary N) is 2. The second kappa shape index (κ2) is 11.0. The van der Waals surface area contributed by atoms with Gasteiger partial charge < -0.3 is 15.4 Å². The number of nitro groups is 1. The number of methoxy groups -OCH3 is 1. The summed E-state index contributed by atoms with van der Waals surface area (Å²) in [6.45, 7) is 1.74. The van der Waals surface area contributed by atoms with E-state index in [-0.39, 0.29) is 16.9 Å². The number of nitrogens with zero attached hydrogens (tertiary/aromatic N) is 1. The van der Waals surface area contributed by atoms with Crippen molar-refractivity contribution in [2.24, 2.45) is 0 Å². The van der Waals surface area contributed by atoms with Crippen LogP contribution in [-0.4, -0.2) is 23.8 Å². The third-order valence-electron chi connectivity index (χ3n) is 4.82. The number of hydrogen-bond donors (Lipinski definition) is 2. The van der Waals surface area contributed by atoms with Crippen molar-refractivity contribution in [3.8, 4) is 5.75 Å². The quantitative estimate of drug-likeness (QED) is 0.224. The van der Waals surface area contributed by atoms with Crippen LogP contribution in [-0.2, 0) is 4.79 Å². The molecule has 0 saturated heterocycles. The van der Waals surface area contributed by atoms with Crippen molar-refractivity contribution in [2.75, 3.05) is 12.4 Å². The molecule has 174 valence electrons. The number of anilines is 1. The highest BCUT2D eigenvalue weighted by molar-refractivity contribution is 9.10. The number of non-ortho nitro benzene ring substituents is 1. The van der Waals surface area contributed by atoms with Crippen LogP contribution >= 0.6 is 27.5 Å². The Balaban J connectivity index is 2.00. The van der Waals surface area contributed by atoms with E-state index in [4.69, 9.17) is 16.3 Å². The molecule has 0 bridgehead atoms. The molecule has 0 radical (unpaired) electrons. The van der Waals surface area contributed by atoms with Crippen molar-refractivity contribution in [3.63, 3.8) is 0 Å². The predicted molar refractivity (Wildman–Crippen MR) is 134 cm³/mol. The Morgan fingerprint density at radius 2 is 1.85 bits per heavy atom. The van der Waals surface area contributed by atoms with Crippen LogP contribution in [0.15, 0.2) is 70.8 Å². The summed E-state index contributed by atoms with van der Waals surface area (Å²) in [6, 6.07) is 15.6. The van der Waals surface area contributed by atoms with Gasteiger partial charge in [-0.2, -0.15) is 0 Å². The van der Waals surface area contributed by atoms with Gasteiger partial charge in [0.25, 0.3) is 17.5 Å². The molecule has 8 nitrogen and oxygen atoms in total. The lowest BCUT2D eigenvalue weighted by Crippen LogP contribution is -2.31. The summed E-state index contributed by atoms with van der Waals surface area (Å²) in [5, 5.41) is 16.9. The Kier molecular flexibility index (Phi) is 8.04. The summed E-state index contributed by atoms with van der Waals surface area (Å²) >= 11 is 9.47. The molecule has 0 saturated carbocycles. The Morgan fingerprint density at radius 1 is 1.12 bits per heavy atom. The van der Waals surface area contributed by atoms with Gasteiger partial charge in [0.1, 0.15) is 11.4 Å². The number of hydrogen-bond acceptors (Lipinski definition) is 5. The zero-order chi connectivity index (χ0) is 24.8. The van der Waals surface area contributed by atoms with Crippen LogP contribution in [0.2, 0.25) is 5.02 Å². The summed E-state index contributed by atoms with van der Waals surface area (Å²) < 4.78 is 5.67. The van der Waals surface area contributed by atoms with Gasteiger partial charge in [0.2, 0.25) is 0 Å². The third kappa shape index (κ3) is 6.00. The van der Waals surface area contributed by atoms with Gasteiger partial charge in [0.15, 0.2) is 0 Å². The molecule has 3 rings (SSSR count). The number of ether oxygens (including phenoxy) is 1. The lowest BCUT2D eigenvalue weighted by Gasteiger charge is -2.14. The van der Waals surface area contributed by atoms with Crippen LogP contribution in [0, 0.1) is 17.0 Å². The second-order valence-corrected chi connectivity index (χ2v) is 8.34. The molecule has 0 atom stereocenters. The van der Waals surface area contributed by atoms with E-state index < -0.39 is 16.7 Å². The first-order chi connectivity index (χ1) is 16.2. The SMILES string of the molecule is COc1ccc(Br)c(C(=O)N/C(=C/c2cccc([N+](=O)[O-])c2)C(=O)Nc2cccc(Cl)c2C)c1. The molecular weight excluding hydrogens is 526 g/mol. The van der Waals surface area contributed by atoms with E-state index in [0.29, 0.717) is 32.1 Å². The molecule has 0 spiro atoms. The average Bonchev–Trinajstić information content (AvgIpc) is 2.82. The van der Waals surface area contributed by atoms with Gasteiger partial charge in [-0.1, -0.05) is 29.8 Å². The zero-order valence-electron chi connectivity index (χ0n) is 18.1. The maximum atomic E-state index is 13.2. The summed E-state index contributed by atoms with van der Waals surface area (Å²) in [7, 11) is 1.47. The second-order valence-electron chi connectivity index (χ2n) is 7.08. The van der Waals surface area contributed by atoms with Crippen LogP contribution in [0.4, 0.5) is 11.4 Å². The normalized spacial score (nSPS) is 11.0. The van der Waals surface area contributed by atoms with Gasteiger partial charge in [-0.25, -0.2) is 0 Å². The molecule has 0 aliphatic heterocycles. The number of halogens is 2. The van der Waals surface area contributed by atoms with Gasteiger partial charge in [0, 0.05) is 27.3 Å². The highest BCUT2D eigenvalue weighted by Gasteiger charge is 2.19. The Labute approximate surface area is 208 Å². The molecule has 2 amide bonds. The number of benzene rings is 3. The van der Waals surface area contributed by atoms with Gasteiger partial charge in [0.05, 0.1) is 17.6 Å². The standard InChI is InChI=1S/C24H19BrClN3O5/c1-14-20(26)7-4-8-21(14)27-24(31)22(12-15-5-3-6-16(11-15)29(32)33)28-23(30)18-13-17(34-2)9-10-19(18)25/h3-13H,1-2H3,(H,27,31)(H,28,30)/b22-12+. The first-order valence-corrected chi connectivity index (χ1v) is 11.0. The lowest BCUT2D eigenvalue weighted by molar-refractivity contribution is -0.384. The fourth-order valence-corrected chi connectivity index (χ4v) is 3.58. The number of carbonyl (C=O) groups excluding carboxylic acids is 2. The predicted octanol–water partition coefficient (Wildman–Crippen LogP) is 5.74. The molecule has 3 aromatic carbocycles. The highest BCUT2D eigenvalue weighted by Crippen LogP contribution is 2.25. The van der Waals surface area contributed by atoms with E-state index in [2.05, 4.69) is 26.6 Å². The largest absolute Gasteiger partial charge is 0.497 e. The van der Waals surface area contributed by atoms with Crippen LogP contribution in [0.1, 0.15) is 21.5 Å². The molecule has 3 aromatic rings. The van der Waals surface area contributed by atoms with Crippen LogP contribution < -0.4 is 15.4 Å². The molecule has 0 heterocycles. The van der Waals surface area contributed by atoms with E-state index in [1.54, 1.807) is 43.3 Å². The van der Waals surface area contributed by atoms with Gasteiger partial charge in [-0.3, -0.25) is 19.7 Å². The molecule has 0 aliphatic rings. The molecule has 0 fully saturated rings. The molecule has 0 unspecified atom stereocenters. The third-order valence-corrected chi connectivity index (χ3v) is 5.92. The number of amides is 2. The van der Waals surface area contributed by atoms with E-state index >= 15 is 0 Å². The summed E-state index contributed by atoms with van der Waals surface area (Å²) in [5.74, 6) is -0.763. The van der Waals surface area contributed by atoms with E-state index in [9.17, 15) is 19.7 Å². The maximum absolute atomic E-state index is 13.2. The smallest absolute Gasteiger partial charge is 0.272 e. The van der Waals surface area contributed by atoms with Crippen LogP contribution in [0.5, 0.6) is 5.75 Å². The average molecular weight is 545 g/mol. The van der Waals surface area contributed by atoms with Gasteiger partial charge in [-0.15, -0.1) is 0 Å². The van der Waals surface area contributed by atoms with E-state index in [1.807, 2.05) is 0 Å². The fraction of sp³-hybridized carbons (Fsp3) is 0.0833. The summed E-state index contributed by atoms with van der Waals surface area (Å²) in [4.78, 5) is 36.8. The summed E-state index contributed by atoms with van der Waals surface area (Å²) in [5.41, 5.74) is 1.41. The van der Waals surface area contributed by atoms with Crippen molar-refractivity contribution < 1.29 is 19.2 Å². The first-order valence-electron chi connectivity index (χ1n) is 9.87. The van der Waals surface area contributed by atoms with E-state index in [0.717, 1.165) is 0 Å². The van der Waals surface area contributed by atoms with Gasteiger partial charge >= 0.3 is 0 Å². The number of nitro benzene ring substituents is 1. The molecule has 0 aliphatic carbocycles. The Hall–Kier alpha value is -3.69. The van der Waals surface area contributed by atoms with Crippen molar-refractivity contribution in [3.05, 3.63) is 103 Å². The van der Waals surface area contributed by atoms with Crippen molar-refractivity contribution in [1.82, 2.24) is 5.32 Å². The molecular formula is C24H19BrClN3O5. The molecule has 0 aromatic heterocycles. The topological polar surface area (TPSA) is 111 Å². The minimum Gasteiger partial charge on any atom is -0.497 e. The van der Waals surface area contributed by atoms with Crippen LogP contribution in [0.25, 0.3) is 6.08 Å². The van der Waals surface area contributed by atoms with Crippen LogP contribution in [0.3, 0.4) is 0 Å². The van der Waals surface area contributed by atoms with Gasteiger partial charge in [-0.05, 0) is 70.4 Å². The molecule has 34 heavy (non-hydrogen) atoms. The molecule has 2 N–H and O–H groups in total. The van der Waals surface area contributed by atoms with E-state index in [1.165, 1.54) is 37.5 Å². The minimum atomic E-state index is -0.635.